The highest BCUT2D eigenvalue weighted by Crippen LogP contribution is 2.27. The van der Waals surface area contributed by atoms with Crippen LogP contribution in [0.1, 0.15) is 12.0 Å². The maximum absolute atomic E-state index is 12.1. The van der Waals surface area contributed by atoms with Gasteiger partial charge in [0.1, 0.15) is 5.75 Å². The summed E-state index contributed by atoms with van der Waals surface area (Å²) < 4.78 is 5.09. The average molecular weight is 438 g/mol. The Balaban J connectivity index is 1.43. The van der Waals surface area contributed by atoms with Crippen LogP contribution in [0.5, 0.6) is 5.75 Å². The summed E-state index contributed by atoms with van der Waals surface area (Å²) in [6, 6.07) is 22.2. The molecule has 3 aromatic rings. The van der Waals surface area contributed by atoms with Crippen LogP contribution in [0.15, 0.2) is 72.8 Å². The molecule has 6 nitrogen and oxygen atoms in total. The van der Waals surface area contributed by atoms with Crippen molar-refractivity contribution < 1.29 is 14.3 Å². The highest BCUT2D eigenvalue weighted by molar-refractivity contribution is 6.32. The van der Waals surface area contributed by atoms with E-state index in [1.807, 2.05) is 42.5 Å². The molecule has 2 amide bonds. The number of ether oxygens (including phenoxy) is 1. The number of rotatable bonds is 9. The van der Waals surface area contributed by atoms with Crippen molar-refractivity contribution in [1.82, 2.24) is 0 Å². The molecule has 0 saturated heterocycles. The Hall–Kier alpha value is -3.51. The smallest absolute Gasteiger partial charge is 0.243 e. The zero-order chi connectivity index (χ0) is 22.1. The lowest BCUT2D eigenvalue weighted by atomic mass is 10.1. The number of nitrogens with one attached hydrogen (secondary N) is 3. The normalized spacial score (nSPS) is 10.3. The molecule has 0 spiro atoms. The van der Waals surface area contributed by atoms with Gasteiger partial charge in [-0.1, -0.05) is 41.9 Å². The highest BCUT2D eigenvalue weighted by Gasteiger charge is 2.07. The third-order valence-electron chi connectivity index (χ3n) is 4.54. The lowest BCUT2D eigenvalue weighted by Gasteiger charge is -2.10. The molecule has 7 heteroatoms. The molecule has 0 heterocycles. The predicted octanol–water partition coefficient (Wildman–Crippen LogP) is 4.97. The van der Waals surface area contributed by atoms with E-state index in [1.165, 1.54) is 7.11 Å². The van der Waals surface area contributed by atoms with E-state index in [0.717, 1.165) is 11.3 Å². The molecule has 0 radical (unpaired) electrons. The van der Waals surface area contributed by atoms with Gasteiger partial charge in [-0.3, -0.25) is 9.59 Å². The summed E-state index contributed by atoms with van der Waals surface area (Å²) in [6.07, 6.45) is 1.11. The number of hydrogen-bond donors (Lipinski definition) is 3. The maximum Gasteiger partial charge on any atom is 0.243 e. The molecule has 0 aromatic heterocycles. The molecule has 0 fully saturated rings. The fourth-order valence-electron chi connectivity index (χ4n) is 2.93. The van der Waals surface area contributed by atoms with Crippen molar-refractivity contribution in [2.45, 2.75) is 12.8 Å². The molecule has 0 atom stereocenters. The van der Waals surface area contributed by atoms with Crippen LogP contribution in [0.3, 0.4) is 0 Å². The minimum absolute atomic E-state index is 0.0397. The van der Waals surface area contributed by atoms with Gasteiger partial charge in [-0.05, 0) is 54.4 Å². The summed E-state index contributed by atoms with van der Waals surface area (Å²) in [7, 11) is 1.53. The van der Waals surface area contributed by atoms with Crippen LogP contribution in [-0.2, 0) is 16.0 Å². The summed E-state index contributed by atoms with van der Waals surface area (Å²) >= 11 is 6.07. The lowest BCUT2D eigenvalue weighted by molar-refractivity contribution is -0.116. The summed E-state index contributed by atoms with van der Waals surface area (Å²) in [5, 5.41) is 9.13. The fraction of sp³-hybridized carbons (Fsp3) is 0.167. The van der Waals surface area contributed by atoms with Crippen molar-refractivity contribution in [3.05, 3.63) is 83.4 Å². The second-order valence-electron chi connectivity index (χ2n) is 6.86. The molecule has 31 heavy (non-hydrogen) atoms. The van der Waals surface area contributed by atoms with E-state index in [9.17, 15) is 9.59 Å². The van der Waals surface area contributed by atoms with E-state index in [-0.39, 0.29) is 18.4 Å². The standard InChI is InChI=1S/C24H24ClN3O3/c1-31-22-13-12-20(15-21(22)25)28-24(30)16-26-18-8-10-19(11-9-18)27-23(29)14-7-17-5-3-2-4-6-17/h2-6,8-13,15,26H,7,14,16H2,1H3,(H,27,29)(H,28,30). The molecule has 0 bridgehead atoms. The molecular weight excluding hydrogens is 414 g/mol. The van der Waals surface area contributed by atoms with Crippen LogP contribution in [-0.4, -0.2) is 25.5 Å². The van der Waals surface area contributed by atoms with E-state index < -0.39 is 0 Å². The van der Waals surface area contributed by atoms with Gasteiger partial charge < -0.3 is 20.7 Å². The third kappa shape index (κ3) is 7.04. The van der Waals surface area contributed by atoms with Crippen LogP contribution in [0.4, 0.5) is 17.1 Å². The van der Waals surface area contributed by atoms with Gasteiger partial charge in [0, 0.05) is 23.5 Å². The zero-order valence-corrected chi connectivity index (χ0v) is 17.9. The van der Waals surface area contributed by atoms with Crippen molar-refractivity contribution in [3.63, 3.8) is 0 Å². The van der Waals surface area contributed by atoms with E-state index in [0.29, 0.717) is 35.0 Å². The molecule has 3 aromatic carbocycles. The summed E-state index contributed by atoms with van der Waals surface area (Å²) in [4.78, 5) is 24.3. The molecule has 3 N–H and O–H groups in total. The van der Waals surface area contributed by atoms with E-state index >= 15 is 0 Å². The molecule has 0 aliphatic heterocycles. The van der Waals surface area contributed by atoms with Crippen LogP contribution in [0.25, 0.3) is 0 Å². The van der Waals surface area contributed by atoms with Gasteiger partial charge in [-0.25, -0.2) is 0 Å². The number of benzene rings is 3. The van der Waals surface area contributed by atoms with Crippen molar-refractivity contribution in [1.29, 1.82) is 0 Å². The first-order chi connectivity index (χ1) is 15.0. The summed E-state index contributed by atoms with van der Waals surface area (Å²) in [6.45, 7) is 0.0897. The Morgan fingerprint density at radius 1 is 0.839 bits per heavy atom. The summed E-state index contributed by atoms with van der Waals surface area (Å²) in [5.41, 5.74) is 3.20. The minimum Gasteiger partial charge on any atom is -0.495 e. The number of anilines is 3. The second kappa shape index (κ2) is 11.0. The van der Waals surface area contributed by atoms with Gasteiger partial charge in [0.05, 0.1) is 18.7 Å². The Morgan fingerprint density at radius 2 is 1.48 bits per heavy atom. The number of carbonyl (C=O) groups is 2. The van der Waals surface area contributed by atoms with E-state index in [2.05, 4.69) is 16.0 Å². The number of hydrogen-bond acceptors (Lipinski definition) is 4. The Labute approximate surface area is 186 Å². The first kappa shape index (κ1) is 22.2. The van der Waals surface area contributed by atoms with Crippen LogP contribution < -0.4 is 20.7 Å². The van der Waals surface area contributed by atoms with Gasteiger partial charge >= 0.3 is 0 Å². The second-order valence-corrected chi connectivity index (χ2v) is 7.27. The predicted molar refractivity (Wildman–Crippen MR) is 125 cm³/mol. The van der Waals surface area contributed by atoms with Crippen LogP contribution >= 0.6 is 11.6 Å². The van der Waals surface area contributed by atoms with Crippen LogP contribution in [0.2, 0.25) is 5.02 Å². The third-order valence-corrected chi connectivity index (χ3v) is 4.84. The number of halogens is 1. The van der Waals surface area contributed by atoms with Crippen molar-refractivity contribution in [3.8, 4) is 5.75 Å². The Bertz CT molecular complexity index is 1020. The molecule has 3 rings (SSSR count). The van der Waals surface area contributed by atoms with Gasteiger partial charge in [0.2, 0.25) is 11.8 Å². The number of methoxy groups -OCH3 is 1. The monoisotopic (exact) mass is 437 g/mol. The molecule has 0 saturated carbocycles. The van der Waals surface area contributed by atoms with Crippen molar-refractivity contribution in [2.75, 3.05) is 29.6 Å². The van der Waals surface area contributed by atoms with Gasteiger partial charge in [-0.2, -0.15) is 0 Å². The largest absolute Gasteiger partial charge is 0.495 e. The highest BCUT2D eigenvalue weighted by atomic mass is 35.5. The first-order valence-electron chi connectivity index (χ1n) is 9.84. The molecule has 160 valence electrons. The topological polar surface area (TPSA) is 79.5 Å². The molecule has 0 unspecified atom stereocenters. The van der Waals surface area contributed by atoms with E-state index in [1.54, 1.807) is 30.3 Å². The van der Waals surface area contributed by atoms with Crippen molar-refractivity contribution >= 4 is 40.5 Å². The SMILES string of the molecule is COc1ccc(NC(=O)CNc2ccc(NC(=O)CCc3ccccc3)cc2)cc1Cl. The van der Waals surface area contributed by atoms with Crippen LogP contribution in [0, 0.1) is 0 Å². The number of amides is 2. The maximum atomic E-state index is 12.1. The number of carbonyl (C=O) groups excluding carboxylic acids is 2. The summed E-state index contributed by atoms with van der Waals surface area (Å²) in [5.74, 6) is 0.298. The van der Waals surface area contributed by atoms with Gasteiger partial charge in [0.15, 0.2) is 0 Å². The average Bonchev–Trinajstić information content (AvgIpc) is 2.78. The van der Waals surface area contributed by atoms with Crippen molar-refractivity contribution in [2.24, 2.45) is 0 Å². The quantitative estimate of drug-likeness (QED) is 0.441. The zero-order valence-electron chi connectivity index (χ0n) is 17.2. The lowest BCUT2D eigenvalue weighted by Crippen LogP contribution is -2.21. The number of aryl methyl sites for hydroxylation is 1. The van der Waals surface area contributed by atoms with Gasteiger partial charge in [-0.15, -0.1) is 0 Å². The van der Waals surface area contributed by atoms with Gasteiger partial charge in [0.25, 0.3) is 0 Å². The Kier molecular flexibility index (Phi) is 7.90. The Morgan fingerprint density at radius 3 is 2.16 bits per heavy atom. The first-order valence-corrected chi connectivity index (χ1v) is 10.2. The molecule has 0 aliphatic rings. The van der Waals surface area contributed by atoms with E-state index in [4.69, 9.17) is 16.3 Å². The fourth-order valence-corrected chi connectivity index (χ4v) is 3.19. The molecular formula is C24H24ClN3O3. The molecule has 0 aliphatic carbocycles. The minimum atomic E-state index is -0.209.